The molecule has 0 unspecified atom stereocenters. The number of thioether (sulfide) groups is 1. The van der Waals surface area contributed by atoms with E-state index < -0.39 is 0 Å². The van der Waals surface area contributed by atoms with Crippen molar-refractivity contribution in [1.29, 1.82) is 0 Å². The quantitative estimate of drug-likeness (QED) is 0.374. The van der Waals surface area contributed by atoms with E-state index in [1.165, 1.54) is 29.3 Å². The molecule has 1 aliphatic heterocycles. The SMILES string of the molecule is CCCCN1C(=O)/C(=C\c2c(Oc3ccccc3OC)nc3ccccn3c2=O)SC1=S. The van der Waals surface area contributed by atoms with Crippen molar-refractivity contribution >= 4 is 45.9 Å². The highest BCUT2D eigenvalue weighted by molar-refractivity contribution is 8.26. The third-order valence-electron chi connectivity index (χ3n) is 4.89. The zero-order valence-corrected chi connectivity index (χ0v) is 19.2. The van der Waals surface area contributed by atoms with E-state index in [0.717, 1.165) is 12.8 Å². The van der Waals surface area contributed by atoms with Gasteiger partial charge in [-0.2, -0.15) is 4.98 Å². The summed E-state index contributed by atoms with van der Waals surface area (Å²) in [6.07, 6.45) is 4.94. The Bertz CT molecular complexity index is 1290. The molecule has 0 bridgehead atoms. The summed E-state index contributed by atoms with van der Waals surface area (Å²) >= 11 is 6.56. The monoisotopic (exact) mass is 467 g/mol. The van der Waals surface area contributed by atoms with Crippen molar-refractivity contribution < 1.29 is 14.3 Å². The number of pyridine rings is 1. The number of unbranched alkanes of at least 4 members (excludes halogenated alkanes) is 1. The molecule has 0 radical (unpaired) electrons. The van der Waals surface area contributed by atoms with Crippen LogP contribution in [0.5, 0.6) is 17.4 Å². The minimum absolute atomic E-state index is 0.0875. The van der Waals surface area contributed by atoms with Crippen LogP contribution in [0.2, 0.25) is 0 Å². The lowest BCUT2D eigenvalue weighted by molar-refractivity contribution is -0.122. The van der Waals surface area contributed by atoms with Gasteiger partial charge < -0.3 is 9.47 Å². The number of hydrogen-bond acceptors (Lipinski definition) is 7. The van der Waals surface area contributed by atoms with Crippen molar-refractivity contribution in [3.8, 4) is 17.4 Å². The van der Waals surface area contributed by atoms with Crippen LogP contribution < -0.4 is 15.0 Å². The lowest BCUT2D eigenvalue weighted by Gasteiger charge is -2.13. The van der Waals surface area contributed by atoms with Gasteiger partial charge in [0.05, 0.1) is 12.0 Å². The van der Waals surface area contributed by atoms with E-state index >= 15 is 0 Å². The van der Waals surface area contributed by atoms with Gasteiger partial charge in [-0.05, 0) is 36.8 Å². The van der Waals surface area contributed by atoms with Gasteiger partial charge in [0.25, 0.3) is 11.5 Å². The second-order valence-electron chi connectivity index (χ2n) is 7.00. The first kappa shape index (κ1) is 22.0. The van der Waals surface area contributed by atoms with Crippen LogP contribution in [0.3, 0.4) is 0 Å². The summed E-state index contributed by atoms with van der Waals surface area (Å²) in [7, 11) is 1.54. The van der Waals surface area contributed by atoms with E-state index in [-0.39, 0.29) is 22.9 Å². The fraction of sp³-hybridized carbons (Fsp3) is 0.217. The minimum atomic E-state index is -0.348. The van der Waals surface area contributed by atoms with E-state index in [4.69, 9.17) is 21.7 Å². The molecule has 1 saturated heterocycles. The zero-order valence-electron chi connectivity index (χ0n) is 17.6. The Morgan fingerprint density at radius 2 is 1.88 bits per heavy atom. The number of methoxy groups -OCH3 is 1. The number of aromatic nitrogens is 2. The first-order valence-electron chi connectivity index (χ1n) is 10.1. The summed E-state index contributed by atoms with van der Waals surface area (Å²) in [5, 5.41) is 0. The van der Waals surface area contributed by atoms with Crippen molar-refractivity contribution in [1.82, 2.24) is 14.3 Å². The molecule has 7 nitrogen and oxygen atoms in total. The molecule has 9 heteroatoms. The van der Waals surface area contributed by atoms with Gasteiger partial charge in [0, 0.05) is 12.7 Å². The van der Waals surface area contributed by atoms with Gasteiger partial charge in [-0.25, -0.2) is 0 Å². The summed E-state index contributed by atoms with van der Waals surface area (Å²) in [6.45, 7) is 2.61. The van der Waals surface area contributed by atoms with Crippen LogP contribution in [-0.4, -0.2) is 38.2 Å². The third-order valence-corrected chi connectivity index (χ3v) is 6.27. The molecular weight excluding hydrogens is 446 g/mol. The summed E-state index contributed by atoms with van der Waals surface area (Å²) in [4.78, 5) is 32.7. The Morgan fingerprint density at radius 1 is 1.12 bits per heavy atom. The number of para-hydroxylation sites is 2. The van der Waals surface area contributed by atoms with Crippen molar-refractivity contribution in [3.05, 3.63) is 69.5 Å². The maximum atomic E-state index is 13.3. The molecule has 1 aliphatic rings. The Morgan fingerprint density at radius 3 is 2.62 bits per heavy atom. The molecule has 4 rings (SSSR count). The first-order chi connectivity index (χ1) is 15.5. The summed E-state index contributed by atoms with van der Waals surface area (Å²) in [5.41, 5.74) is 0.241. The molecule has 0 aliphatic carbocycles. The van der Waals surface area contributed by atoms with Crippen LogP contribution in [-0.2, 0) is 4.79 Å². The van der Waals surface area contributed by atoms with Gasteiger partial charge in [0.15, 0.2) is 11.5 Å². The average molecular weight is 468 g/mol. The fourth-order valence-electron chi connectivity index (χ4n) is 3.23. The Balaban J connectivity index is 1.83. The lowest BCUT2D eigenvalue weighted by atomic mass is 10.2. The highest BCUT2D eigenvalue weighted by Crippen LogP contribution is 2.35. The molecule has 2 aromatic heterocycles. The van der Waals surface area contributed by atoms with Crippen LogP contribution in [0.25, 0.3) is 11.7 Å². The fourth-order valence-corrected chi connectivity index (χ4v) is 4.52. The number of carbonyl (C=O) groups excluding carboxylic acids is 1. The Labute approximate surface area is 194 Å². The third kappa shape index (κ3) is 4.26. The van der Waals surface area contributed by atoms with E-state index in [9.17, 15) is 9.59 Å². The van der Waals surface area contributed by atoms with E-state index in [1.807, 2.05) is 6.07 Å². The molecule has 0 N–H and O–H groups in total. The number of hydrogen-bond donors (Lipinski definition) is 0. The minimum Gasteiger partial charge on any atom is -0.493 e. The van der Waals surface area contributed by atoms with Crippen molar-refractivity contribution in [3.63, 3.8) is 0 Å². The van der Waals surface area contributed by atoms with Gasteiger partial charge in [-0.3, -0.25) is 18.9 Å². The smallest absolute Gasteiger partial charge is 0.269 e. The predicted molar refractivity (Wildman–Crippen MR) is 129 cm³/mol. The normalized spacial score (nSPS) is 15.1. The number of carbonyl (C=O) groups is 1. The van der Waals surface area contributed by atoms with E-state index in [0.29, 0.717) is 32.9 Å². The van der Waals surface area contributed by atoms with Crippen LogP contribution in [0.1, 0.15) is 25.3 Å². The van der Waals surface area contributed by atoms with Gasteiger partial charge in [-0.1, -0.05) is 55.5 Å². The predicted octanol–water partition coefficient (Wildman–Crippen LogP) is 4.50. The standard InChI is InChI=1S/C23H21N3O4S2/c1-3-4-12-26-22(28)18(32-23(26)31)14-15-20(30-17-10-6-5-9-16(17)29-2)24-19-11-7-8-13-25(19)21(15)27/h5-11,13-14H,3-4,12H2,1-2H3/b18-14+. The summed E-state index contributed by atoms with van der Waals surface area (Å²) in [5.74, 6) is 0.783. The Kier molecular flexibility index (Phi) is 6.57. The number of fused-ring (bicyclic) bond motifs is 1. The van der Waals surface area contributed by atoms with Crippen molar-refractivity contribution in [2.24, 2.45) is 0 Å². The number of amides is 1. The number of thiocarbonyl (C=S) groups is 1. The maximum Gasteiger partial charge on any atom is 0.269 e. The molecule has 0 saturated carbocycles. The van der Waals surface area contributed by atoms with Gasteiger partial charge in [0.1, 0.15) is 15.5 Å². The van der Waals surface area contributed by atoms with Gasteiger partial charge in [-0.15, -0.1) is 0 Å². The molecule has 3 aromatic rings. The van der Waals surface area contributed by atoms with E-state index in [1.54, 1.807) is 47.5 Å². The van der Waals surface area contributed by atoms with Crippen LogP contribution >= 0.6 is 24.0 Å². The summed E-state index contributed by atoms with van der Waals surface area (Å²) < 4.78 is 13.3. The second kappa shape index (κ2) is 9.54. The van der Waals surface area contributed by atoms with Crippen LogP contribution in [0.4, 0.5) is 0 Å². The highest BCUT2D eigenvalue weighted by Gasteiger charge is 2.32. The molecule has 3 heterocycles. The molecule has 0 spiro atoms. The lowest BCUT2D eigenvalue weighted by Crippen LogP contribution is -2.29. The van der Waals surface area contributed by atoms with Crippen molar-refractivity contribution in [2.45, 2.75) is 19.8 Å². The molecule has 32 heavy (non-hydrogen) atoms. The maximum absolute atomic E-state index is 13.3. The second-order valence-corrected chi connectivity index (χ2v) is 8.68. The van der Waals surface area contributed by atoms with Gasteiger partial charge in [0.2, 0.25) is 5.88 Å². The zero-order chi connectivity index (χ0) is 22.7. The van der Waals surface area contributed by atoms with Crippen molar-refractivity contribution in [2.75, 3.05) is 13.7 Å². The van der Waals surface area contributed by atoms with Gasteiger partial charge >= 0.3 is 0 Å². The molecule has 1 fully saturated rings. The Hall–Kier alpha value is -3.17. The topological polar surface area (TPSA) is 73.1 Å². The number of ether oxygens (including phenoxy) is 2. The first-order valence-corrected chi connectivity index (χ1v) is 11.3. The molecule has 164 valence electrons. The largest absolute Gasteiger partial charge is 0.493 e. The molecule has 1 aromatic carbocycles. The van der Waals surface area contributed by atoms with E-state index in [2.05, 4.69) is 11.9 Å². The average Bonchev–Trinajstić information content (AvgIpc) is 3.07. The molecule has 1 amide bonds. The van der Waals surface area contributed by atoms with Crippen LogP contribution in [0.15, 0.2) is 58.4 Å². The number of rotatable bonds is 7. The number of benzene rings is 1. The highest BCUT2D eigenvalue weighted by atomic mass is 32.2. The molecular formula is C23H21N3O4S2. The number of nitrogens with zero attached hydrogens (tertiary/aromatic N) is 3. The van der Waals surface area contributed by atoms with Crippen LogP contribution in [0, 0.1) is 0 Å². The molecule has 0 atom stereocenters. The summed E-state index contributed by atoms with van der Waals surface area (Å²) in [6, 6.07) is 12.3.